The number of hydrogen-bond acceptors (Lipinski definition) is 3. The number of fused-ring (bicyclic) bond motifs is 1. The summed E-state index contributed by atoms with van der Waals surface area (Å²) in [5, 5.41) is 5.65. The van der Waals surface area contributed by atoms with Gasteiger partial charge in [-0.15, -0.1) is 0 Å². The molecule has 0 bridgehead atoms. The molecule has 0 spiro atoms. The molecule has 27 heavy (non-hydrogen) atoms. The zero-order chi connectivity index (χ0) is 19.6. The van der Waals surface area contributed by atoms with Crippen LogP contribution in [-0.4, -0.2) is 30.9 Å². The average Bonchev–Trinajstić information content (AvgIpc) is 2.92. The fraction of sp³-hybridized carbons (Fsp3) is 0.364. The molecule has 1 aliphatic rings. The molecule has 5 heteroatoms. The maximum atomic E-state index is 12.4. The molecular formula is C22H27N3O2. The summed E-state index contributed by atoms with van der Waals surface area (Å²) in [5.74, 6) is -0.362. The first-order valence-electron chi connectivity index (χ1n) is 9.34. The fourth-order valence-electron chi connectivity index (χ4n) is 3.82. The molecule has 0 aliphatic carbocycles. The van der Waals surface area contributed by atoms with E-state index in [-0.39, 0.29) is 30.9 Å². The van der Waals surface area contributed by atoms with Crippen molar-refractivity contribution < 1.29 is 9.59 Å². The van der Waals surface area contributed by atoms with Gasteiger partial charge in [-0.1, -0.05) is 35.9 Å². The second-order valence-electron chi connectivity index (χ2n) is 7.41. The maximum absolute atomic E-state index is 12.4. The lowest BCUT2D eigenvalue weighted by Crippen LogP contribution is -2.42. The largest absolute Gasteiger partial charge is 0.359 e. The Labute approximate surface area is 160 Å². The molecule has 0 saturated heterocycles. The van der Waals surface area contributed by atoms with Crippen LogP contribution in [0, 0.1) is 20.8 Å². The zero-order valence-electron chi connectivity index (χ0n) is 16.4. The van der Waals surface area contributed by atoms with E-state index in [1.54, 1.807) is 0 Å². The second kappa shape index (κ2) is 7.82. The molecule has 2 aromatic carbocycles. The van der Waals surface area contributed by atoms with E-state index < -0.39 is 0 Å². The molecule has 3 rings (SSSR count). The summed E-state index contributed by atoms with van der Waals surface area (Å²) >= 11 is 0. The van der Waals surface area contributed by atoms with Crippen molar-refractivity contribution in [2.24, 2.45) is 0 Å². The molecule has 1 heterocycles. The van der Waals surface area contributed by atoms with Gasteiger partial charge in [0.25, 0.3) is 0 Å². The number of nitrogens with one attached hydrogen (secondary N) is 2. The summed E-state index contributed by atoms with van der Waals surface area (Å²) in [5.41, 5.74) is 6.40. The number of nitrogens with zero attached hydrogens (tertiary/aromatic N) is 1. The minimum Gasteiger partial charge on any atom is -0.359 e. The highest BCUT2D eigenvalue weighted by Gasteiger charge is 2.27. The maximum Gasteiger partial charge on any atom is 0.243 e. The van der Waals surface area contributed by atoms with Crippen LogP contribution in [0.5, 0.6) is 0 Å². The predicted molar refractivity (Wildman–Crippen MR) is 109 cm³/mol. The summed E-state index contributed by atoms with van der Waals surface area (Å²) in [6, 6.07) is 12.5. The van der Waals surface area contributed by atoms with Crippen molar-refractivity contribution in [1.29, 1.82) is 0 Å². The first kappa shape index (κ1) is 19.0. The van der Waals surface area contributed by atoms with Crippen LogP contribution in [-0.2, 0) is 16.0 Å². The Morgan fingerprint density at radius 2 is 1.74 bits per heavy atom. The van der Waals surface area contributed by atoms with Gasteiger partial charge in [-0.25, -0.2) is 0 Å². The number of anilines is 2. The first-order valence-corrected chi connectivity index (χ1v) is 9.34. The lowest BCUT2D eigenvalue weighted by molar-refractivity contribution is -0.123. The van der Waals surface area contributed by atoms with Gasteiger partial charge >= 0.3 is 0 Å². The molecular weight excluding hydrogens is 338 g/mol. The molecule has 0 aromatic heterocycles. The van der Waals surface area contributed by atoms with E-state index in [1.165, 1.54) is 5.56 Å². The van der Waals surface area contributed by atoms with Gasteiger partial charge in [0.1, 0.15) is 0 Å². The van der Waals surface area contributed by atoms with Crippen molar-refractivity contribution in [3.8, 4) is 0 Å². The van der Waals surface area contributed by atoms with Gasteiger partial charge < -0.3 is 15.5 Å². The van der Waals surface area contributed by atoms with E-state index >= 15 is 0 Å². The number of aryl methyl sites for hydroxylation is 3. The lowest BCUT2D eigenvalue weighted by atomic mass is 10.1. The minimum absolute atomic E-state index is 0.0323. The summed E-state index contributed by atoms with van der Waals surface area (Å²) < 4.78 is 0. The topological polar surface area (TPSA) is 61.4 Å². The number of amides is 2. The van der Waals surface area contributed by atoms with Crippen molar-refractivity contribution in [1.82, 2.24) is 5.32 Å². The van der Waals surface area contributed by atoms with Gasteiger partial charge in [0.15, 0.2) is 0 Å². The summed E-state index contributed by atoms with van der Waals surface area (Å²) in [6.45, 7) is 8.32. The van der Waals surface area contributed by atoms with Crippen LogP contribution < -0.4 is 15.5 Å². The number of para-hydroxylation sites is 1. The van der Waals surface area contributed by atoms with E-state index in [2.05, 4.69) is 28.5 Å². The molecule has 0 unspecified atom stereocenters. The van der Waals surface area contributed by atoms with Crippen LogP contribution in [0.2, 0.25) is 0 Å². The van der Waals surface area contributed by atoms with E-state index in [0.717, 1.165) is 34.5 Å². The van der Waals surface area contributed by atoms with E-state index in [4.69, 9.17) is 0 Å². The lowest BCUT2D eigenvalue weighted by Gasteiger charge is -2.24. The molecule has 2 N–H and O–H groups in total. The third-order valence-corrected chi connectivity index (χ3v) is 5.05. The van der Waals surface area contributed by atoms with Gasteiger partial charge in [-0.2, -0.15) is 0 Å². The smallest absolute Gasteiger partial charge is 0.243 e. The number of benzene rings is 2. The quantitative estimate of drug-likeness (QED) is 0.856. The molecule has 0 saturated carbocycles. The van der Waals surface area contributed by atoms with Crippen molar-refractivity contribution >= 4 is 23.2 Å². The molecule has 2 aromatic rings. The predicted octanol–water partition coefficient (Wildman–Crippen LogP) is 3.12. The molecule has 142 valence electrons. The van der Waals surface area contributed by atoms with Crippen molar-refractivity contribution in [3.05, 3.63) is 58.7 Å². The standard InChI is InChI=1S/C22H27N3O2/c1-14-9-15(2)22(16(3)10-14)24-20(26)12-23-21(27)13-25-17(4)11-18-7-5-6-8-19(18)25/h5-10,17H,11-13H2,1-4H3,(H,23,27)(H,24,26)/t17-/m0/s1. The molecule has 2 amide bonds. The highest BCUT2D eigenvalue weighted by molar-refractivity contribution is 5.96. The normalized spacial score (nSPS) is 15.4. The Morgan fingerprint density at radius 1 is 1.07 bits per heavy atom. The zero-order valence-corrected chi connectivity index (χ0v) is 16.4. The van der Waals surface area contributed by atoms with Crippen molar-refractivity contribution in [2.75, 3.05) is 23.3 Å². The molecule has 5 nitrogen and oxygen atoms in total. The number of hydrogen-bond donors (Lipinski definition) is 2. The van der Waals surface area contributed by atoms with Gasteiger partial charge in [0.2, 0.25) is 11.8 Å². The number of carbonyl (C=O) groups excluding carboxylic acids is 2. The highest BCUT2D eigenvalue weighted by Crippen LogP contribution is 2.31. The Hall–Kier alpha value is -2.82. The number of carbonyl (C=O) groups is 2. The highest BCUT2D eigenvalue weighted by atomic mass is 16.2. The van der Waals surface area contributed by atoms with Crippen LogP contribution in [0.4, 0.5) is 11.4 Å². The molecule has 0 fully saturated rings. The third kappa shape index (κ3) is 4.30. The van der Waals surface area contributed by atoms with Crippen LogP contribution in [0.15, 0.2) is 36.4 Å². The van der Waals surface area contributed by atoms with Crippen LogP contribution >= 0.6 is 0 Å². The first-order chi connectivity index (χ1) is 12.8. The van der Waals surface area contributed by atoms with Crippen molar-refractivity contribution in [2.45, 2.75) is 40.2 Å². The van der Waals surface area contributed by atoms with E-state index in [9.17, 15) is 9.59 Å². The Bertz CT molecular complexity index is 853. The summed E-state index contributed by atoms with van der Waals surface area (Å²) in [4.78, 5) is 26.7. The van der Waals surface area contributed by atoms with Gasteiger partial charge in [-0.05, 0) is 56.9 Å². The fourth-order valence-corrected chi connectivity index (χ4v) is 3.82. The minimum atomic E-state index is -0.215. The Balaban J connectivity index is 1.55. The summed E-state index contributed by atoms with van der Waals surface area (Å²) in [6.07, 6.45) is 0.940. The van der Waals surface area contributed by atoms with Gasteiger partial charge in [-0.3, -0.25) is 9.59 Å². The Morgan fingerprint density at radius 3 is 2.44 bits per heavy atom. The molecule has 1 aliphatic heterocycles. The van der Waals surface area contributed by atoms with E-state index in [1.807, 2.05) is 51.1 Å². The second-order valence-corrected chi connectivity index (χ2v) is 7.41. The molecule has 1 atom stereocenters. The monoisotopic (exact) mass is 365 g/mol. The average molecular weight is 365 g/mol. The van der Waals surface area contributed by atoms with Crippen LogP contribution in [0.3, 0.4) is 0 Å². The van der Waals surface area contributed by atoms with Crippen LogP contribution in [0.25, 0.3) is 0 Å². The SMILES string of the molecule is Cc1cc(C)c(NC(=O)CNC(=O)CN2c3ccccc3C[C@@H]2C)c(C)c1. The van der Waals surface area contributed by atoms with Crippen LogP contribution in [0.1, 0.15) is 29.2 Å². The van der Waals surface area contributed by atoms with E-state index in [0.29, 0.717) is 0 Å². The summed E-state index contributed by atoms with van der Waals surface area (Å²) in [7, 11) is 0. The van der Waals surface area contributed by atoms with Gasteiger partial charge in [0.05, 0.1) is 13.1 Å². The molecule has 0 radical (unpaired) electrons. The number of rotatable bonds is 5. The van der Waals surface area contributed by atoms with Gasteiger partial charge in [0, 0.05) is 17.4 Å². The third-order valence-electron chi connectivity index (χ3n) is 5.05. The Kier molecular flexibility index (Phi) is 5.49. The van der Waals surface area contributed by atoms with Crippen molar-refractivity contribution in [3.63, 3.8) is 0 Å².